The number of thiocarbonyl (C=S) groups is 1. The minimum atomic E-state index is -0.207. The fraction of sp³-hybridized carbons (Fsp3) is 0.455. The topological polar surface area (TPSA) is 81.4 Å². The van der Waals surface area contributed by atoms with Gasteiger partial charge in [-0.2, -0.15) is 0 Å². The lowest BCUT2D eigenvalue weighted by Gasteiger charge is -2.35. The van der Waals surface area contributed by atoms with Crippen LogP contribution in [0.1, 0.15) is 25.0 Å². The van der Waals surface area contributed by atoms with Gasteiger partial charge in [0.2, 0.25) is 0 Å². The molecule has 0 saturated carbocycles. The summed E-state index contributed by atoms with van der Waals surface area (Å²) in [4.78, 5) is 37.6. The Morgan fingerprint density at radius 2 is 1.94 bits per heavy atom. The first-order chi connectivity index (χ1) is 15.3. The normalized spacial score (nSPS) is 19.2. The number of aromatic nitrogens is 2. The number of hydrogen-bond acceptors (Lipinski definition) is 8. The quantitative estimate of drug-likeness (QED) is 0.520. The number of amides is 1. The van der Waals surface area contributed by atoms with Gasteiger partial charge in [0.1, 0.15) is 15.8 Å². The van der Waals surface area contributed by atoms with Gasteiger partial charge in [-0.05, 0) is 38.5 Å². The average Bonchev–Trinajstić information content (AvgIpc) is 3.04. The van der Waals surface area contributed by atoms with Crippen LogP contribution in [0, 0.1) is 6.92 Å². The zero-order chi connectivity index (χ0) is 23.0. The molecule has 2 aliphatic heterocycles. The maximum absolute atomic E-state index is 13.5. The predicted molar refractivity (Wildman–Crippen MR) is 132 cm³/mol. The van der Waals surface area contributed by atoms with E-state index in [0.29, 0.717) is 45.9 Å². The highest BCUT2D eigenvalue weighted by atomic mass is 32.2. The van der Waals surface area contributed by atoms with Gasteiger partial charge in [-0.3, -0.25) is 23.8 Å². The smallest absolute Gasteiger partial charge is 0.267 e. The Morgan fingerprint density at radius 3 is 2.56 bits per heavy atom. The molecule has 0 radical (unpaired) electrons. The van der Waals surface area contributed by atoms with Crippen LogP contribution in [0.25, 0.3) is 11.7 Å². The van der Waals surface area contributed by atoms with Crippen molar-refractivity contribution in [2.45, 2.75) is 26.8 Å². The van der Waals surface area contributed by atoms with E-state index in [4.69, 9.17) is 17.2 Å². The molecule has 2 aromatic rings. The maximum atomic E-state index is 13.5. The molecule has 2 saturated heterocycles. The maximum Gasteiger partial charge on any atom is 0.267 e. The highest BCUT2D eigenvalue weighted by Gasteiger charge is 2.34. The van der Waals surface area contributed by atoms with Gasteiger partial charge < -0.3 is 10.0 Å². The van der Waals surface area contributed by atoms with Crippen molar-refractivity contribution in [1.29, 1.82) is 0 Å². The number of anilines is 1. The van der Waals surface area contributed by atoms with E-state index in [2.05, 4.69) is 9.80 Å². The van der Waals surface area contributed by atoms with Crippen LogP contribution in [0.2, 0.25) is 0 Å². The summed E-state index contributed by atoms with van der Waals surface area (Å²) in [5.41, 5.74) is 1.71. The number of thioether (sulfide) groups is 1. The fourth-order valence-electron chi connectivity index (χ4n) is 4.00. The fourth-order valence-corrected chi connectivity index (χ4v) is 5.50. The number of rotatable bonds is 5. The number of carbonyl (C=O) groups excluding carboxylic acids is 1. The van der Waals surface area contributed by atoms with E-state index in [-0.39, 0.29) is 24.1 Å². The first kappa shape index (κ1) is 22.9. The number of hydrogen-bond donors (Lipinski definition) is 1. The third-order valence-electron chi connectivity index (χ3n) is 5.69. The molecule has 8 nitrogen and oxygen atoms in total. The molecule has 1 N–H and O–H groups in total. The van der Waals surface area contributed by atoms with Gasteiger partial charge in [-0.15, -0.1) is 0 Å². The van der Waals surface area contributed by atoms with Crippen LogP contribution in [0.5, 0.6) is 0 Å². The highest BCUT2D eigenvalue weighted by molar-refractivity contribution is 8.26. The molecule has 0 aliphatic carbocycles. The van der Waals surface area contributed by atoms with Gasteiger partial charge in [-0.1, -0.05) is 30.0 Å². The lowest BCUT2D eigenvalue weighted by molar-refractivity contribution is -0.123. The van der Waals surface area contributed by atoms with Crippen molar-refractivity contribution in [3.63, 3.8) is 0 Å². The lowest BCUT2D eigenvalue weighted by atomic mass is 10.2. The monoisotopic (exact) mass is 473 g/mol. The molecule has 4 heterocycles. The van der Waals surface area contributed by atoms with E-state index in [1.54, 1.807) is 17.2 Å². The second-order valence-electron chi connectivity index (χ2n) is 8.29. The van der Waals surface area contributed by atoms with Crippen LogP contribution < -0.4 is 10.5 Å². The molecular weight excluding hydrogens is 446 g/mol. The summed E-state index contributed by atoms with van der Waals surface area (Å²) in [5.74, 6) is 0.403. The van der Waals surface area contributed by atoms with Crippen LogP contribution in [0.3, 0.4) is 0 Å². The van der Waals surface area contributed by atoms with E-state index >= 15 is 0 Å². The SMILES string of the molecule is Cc1ccc2nc(N3CCN(CCO)CC3)c(/C=C3\SC(=S)N(C(C)C)C3=O)c(=O)n2c1. The van der Waals surface area contributed by atoms with Gasteiger partial charge in [0.25, 0.3) is 11.5 Å². The number of pyridine rings is 1. The highest BCUT2D eigenvalue weighted by Crippen LogP contribution is 2.34. The molecule has 4 rings (SSSR count). The molecule has 0 bridgehead atoms. The Morgan fingerprint density at radius 1 is 1.22 bits per heavy atom. The minimum absolute atomic E-state index is 0.0500. The van der Waals surface area contributed by atoms with Crippen molar-refractivity contribution in [3.05, 3.63) is 44.7 Å². The van der Waals surface area contributed by atoms with Gasteiger partial charge in [0.15, 0.2) is 0 Å². The largest absolute Gasteiger partial charge is 0.395 e. The molecule has 32 heavy (non-hydrogen) atoms. The van der Waals surface area contributed by atoms with Crippen LogP contribution in [-0.4, -0.2) is 79.9 Å². The van der Waals surface area contributed by atoms with Crippen LogP contribution in [0.4, 0.5) is 5.82 Å². The minimum Gasteiger partial charge on any atom is -0.395 e. The summed E-state index contributed by atoms with van der Waals surface area (Å²) in [6, 6.07) is 3.72. The van der Waals surface area contributed by atoms with E-state index in [1.165, 1.54) is 16.2 Å². The van der Waals surface area contributed by atoms with Gasteiger partial charge >= 0.3 is 0 Å². The zero-order valence-electron chi connectivity index (χ0n) is 18.4. The number of nitrogens with zero attached hydrogens (tertiary/aromatic N) is 5. The third kappa shape index (κ3) is 4.32. The summed E-state index contributed by atoms with van der Waals surface area (Å²) in [6.07, 6.45) is 3.42. The zero-order valence-corrected chi connectivity index (χ0v) is 20.1. The molecule has 10 heteroatoms. The van der Waals surface area contributed by atoms with Gasteiger partial charge in [0, 0.05) is 45.0 Å². The van der Waals surface area contributed by atoms with Crippen molar-refractivity contribution in [2.75, 3.05) is 44.2 Å². The number of aliphatic hydroxyl groups excluding tert-OH is 1. The molecule has 0 aromatic carbocycles. The van der Waals surface area contributed by atoms with E-state index in [0.717, 1.165) is 18.7 Å². The number of fused-ring (bicyclic) bond motifs is 1. The average molecular weight is 474 g/mol. The molecule has 0 atom stereocenters. The van der Waals surface area contributed by atoms with Gasteiger partial charge in [0.05, 0.1) is 17.1 Å². The lowest BCUT2D eigenvalue weighted by Crippen LogP contribution is -2.48. The number of aryl methyl sites for hydroxylation is 1. The van der Waals surface area contributed by atoms with Crippen molar-refractivity contribution in [1.82, 2.24) is 19.2 Å². The Kier molecular flexibility index (Phi) is 6.66. The first-order valence-electron chi connectivity index (χ1n) is 10.7. The second kappa shape index (κ2) is 9.30. The van der Waals surface area contributed by atoms with Crippen molar-refractivity contribution < 1.29 is 9.90 Å². The Hall–Kier alpha value is -2.27. The van der Waals surface area contributed by atoms with E-state index < -0.39 is 0 Å². The van der Waals surface area contributed by atoms with Crippen molar-refractivity contribution in [3.8, 4) is 0 Å². The molecule has 0 spiro atoms. The Labute approximate surface area is 196 Å². The number of aliphatic hydroxyl groups is 1. The molecule has 170 valence electrons. The first-order valence-corrected chi connectivity index (χ1v) is 11.9. The van der Waals surface area contributed by atoms with E-state index in [1.807, 2.05) is 32.9 Å². The molecule has 2 fully saturated rings. The molecule has 1 amide bonds. The molecule has 2 aliphatic rings. The Balaban J connectivity index is 1.81. The van der Waals surface area contributed by atoms with Crippen molar-refractivity contribution >= 4 is 51.7 Å². The summed E-state index contributed by atoms with van der Waals surface area (Å²) >= 11 is 6.62. The number of carbonyl (C=O) groups is 1. The molecular formula is C22H27N5O3S2. The van der Waals surface area contributed by atoms with E-state index in [9.17, 15) is 14.7 Å². The summed E-state index contributed by atoms with van der Waals surface area (Å²) in [5, 5.41) is 9.22. The second-order valence-corrected chi connectivity index (χ2v) is 9.96. The number of β-amino-alcohol motifs (C(OH)–C–C–N with tert-alkyl or cyclic N) is 1. The molecule has 0 unspecified atom stereocenters. The summed E-state index contributed by atoms with van der Waals surface area (Å²) < 4.78 is 2.04. The van der Waals surface area contributed by atoms with Crippen LogP contribution in [-0.2, 0) is 4.79 Å². The predicted octanol–water partition coefficient (Wildman–Crippen LogP) is 1.73. The van der Waals surface area contributed by atoms with Crippen LogP contribution in [0.15, 0.2) is 28.0 Å². The van der Waals surface area contributed by atoms with Crippen LogP contribution >= 0.6 is 24.0 Å². The Bertz CT molecular complexity index is 1150. The summed E-state index contributed by atoms with van der Waals surface area (Å²) in [6.45, 7) is 9.41. The third-order valence-corrected chi connectivity index (χ3v) is 7.02. The van der Waals surface area contributed by atoms with Crippen molar-refractivity contribution in [2.24, 2.45) is 0 Å². The molecule has 2 aromatic heterocycles. The summed E-state index contributed by atoms with van der Waals surface area (Å²) in [7, 11) is 0. The number of piperazine rings is 1. The van der Waals surface area contributed by atoms with Gasteiger partial charge in [-0.25, -0.2) is 4.98 Å². The standard InChI is InChI=1S/C22H27N5O3S2/c1-14(2)27-21(30)17(32-22(27)31)12-16-19(25-8-6-24(7-9-25)10-11-28)23-18-5-4-15(3)13-26(18)20(16)29/h4-5,12-14,28H,6-11H2,1-3H3/b17-12-.